The molecular weight excluding hydrogens is 692 g/mol. The van der Waals surface area contributed by atoms with Crippen molar-refractivity contribution < 1.29 is 42.9 Å². The van der Waals surface area contributed by atoms with Gasteiger partial charge in [0, 0.05) is 58.8 Å². The average molecular weight is 731 g/mol. The van der Waals surface area contributed by atoms with Gasteiger partial charge in [0.25, 0.3) is 11.8 Å². The lowest BCUT2D eigenvalue weighted by molar-refractivity contribution is -0.116. The highest BCUT2D eigenvalue weighted by Crippen LogP contribution is 2.38. The van der Waals surface area contributed by atoms with Gasteiger partial charge in [-0.25, -0.2) is 19.6 Å². The van der Waals surface area contributed by atoms with E-state index in [4.69, 9.17) is 18.9 Å². The SMILES string of the molecule is CCOC(=O)c1nc(OC(=O)c2nc(NC(=O)c3nc(NC(=O)CCCOc4cc5c(cc4OC)C(=O)N4CCC[C@H]4C=N5)cn3C)cn2C)cn1C. The topological polar surface area (TPSA) is 215 Å². The number of methoxy groups -OCH3 is 1. The Labute approximate surface area is 302 Å². The van der Waals surface area contributed by atoms with Gasteiger partial charge in [-0.3, -0.25) is 19.4 Å². The Bertz CT molecular complexity index is 2110. The van der Waals surface area contributed by atoms with E-state index in [1.165, 1.54) is 46.4 Å². The van der Waals surface area contributed by atoms with Crippen molar-refractivity contribution in [3.05, 3.63) is 53.8 Å². The lowest BCUT2D eigenvalue weighted by atomic mass is 10.1. The Balaban J connectivity index is 1.000. The number of aromatic nitrogens is 6. The number of hydrogen-bond donors (Lipinski definition) is 2. The molecule has 2 aliphatic heterocycles. The van der Waals surface area contributed by atoms with E-state index in [-0.39, 0.29) is 72.5 Å². The highest BCUT2D eigenvalue weighted by atomic mass is 16.5. The normalized spacial score (nSPS) is 14.6. The molecule has 3 aromatic heterocycles. The van der Waals surface area contributed by atoms with Crippen LogP contribution in [0.4, 0.5) is 17.3 Å². The van der Waals surface area contributed by atoms with Gasteiger partial charge in [-0.15, -0.1) is 0 Å². The minimum atomic E-state index is -0.878. The average Bonchev–Trinajstić information content (AvgIpc) is 3.90. The van der Waals surface area contributed by atoms with Gasteiger partial charge in [0.1, 0.15) is 0 Å². The molecule has 1 atom stereocenters. The lowest BCUT2D eigenvalue weighted by Gasteiger charge is -2.20. The van der Waals surface area contributed by atoms with Crippen molar-refractivity contribution in [2.24, 2.45) is 26.1 Å². The van der Waals surface area contributed by atoms with Crippen molar-refractivity contribution in [3.8, 4) is 17.4 Å². The van der Waals surface area contributed by atoms with E-state index < -0.39 is 17.8 Å². The Morgan fingerprint density at radius 1 is 0.887 bits per heavy atom. The van der Waals surface area contributed by atoms with Crippen molar-refractivity contribution in [3.63, 3.8) is 0 Å². The van der Waals surface area contributed by atoms with E-state index in [9.17, 15) is 24.0 Å². The van der Waals surface area contributed by atoms with Crippen molar-refractivity contribution in [2.75, 3.05) is 37.5 Å². The third-order valence-corrected chi connectivity index (χ3v) is 8.42. The molecule has 19 heteroatoms. The highest BCUT2D eigenvalue weighted by Gasteiger charge is 2.32. The van der Waals surface area contributed by atoms with Crippen LogP contribution in [0.2, 0.25) is 0 Å². The van der Waals surface area contributed by atoms with E-state index in [2.05, 4.69) is 30.6 Å². The summed E-state index contributed by atoms with van der Waals surface area (Å²) in [7, 11) is 6.16. The largest absolute Gasteiger partial charge is 0.493 e. The van der Waals surface area contributed by atoms with E-state index in [0.717, 1.165) is 12.8 Å². The van der Waals surface area contributed by atoms with E-state index in [0.29, 0.717) is 35.7 Å². The first-order valence-corrected chi connectivity index (χ1v) is 16.8. The van der Waals surface area contributed by atoms with Crippen LogP contribution in [-0.4, -0.2) is 102 Å². The van der Waals surface area contributed by atoms with Gasteiger partial charge in [0.05, 0.1) is 43.8 Å². The van der Waals surface area contributed by atoms with Crippen LogP contribution < -0.4 is 24.8 Å². The number of fused-ring (bicyclic) bond motifs is 2. The number of amides is 3. The molecule has 2 N–H and O–H groups in total. The Hall–Kier alpha value is -6.53. The van der Waals surface area contributed by atoms with E-state index in [1.54, 1.807) is 39.4 Å². The minimum Gasteiger partial charge on any atom is -0.493 e. The number of nitrogens with one attached hydrogen (secondary N) is 2. The van der Waals surface area contributed by atoms with Crippen LogP contribution >= 0.6 is 0 Å². The number of ether oxygens (including phenoxy) is 4. The molecule has 2 aliphatic rings. The molecule has 6 rings (SSSR count). The fourth-order valence-corrected chi connectivity index (χ4v) is 5.88. The van der Waals surface area contributed by atoms with Crippen LogP contribution in [0.1, 0.15) is 74.8 Å². The second-order valence-electron chi connectivity index (χ2n) is 12.2. The number of carbonyl (C=O) groups excluding carboxylic acids is 5. The molecule has 0 aliphatic carbocycles. The zero-order chi connectivity index (χ0) is 37.8. The highest BCUT2D eigenvalue weighted by molar-refractivity contribution is 6.04. The van der Waals surface area contributed by atoms with Gasteiger partial charge in [0.2, 0.25) is 29.3 Å². The summed E-state index contributed by atoms with van der Waals surface area (Å²) in [5, 5.41) is 5.25. The molecule has 278 valence electrons. The summed E-state index contributed by atoms with van der Waals surface area (Å²) in [5.74, 6) is -2.00. The van der Waals surface area contributed by atoms with Crippen LogP contribution in [0.25, 0.3) is 0 Å². The molecule has 0 spiro atoms. The number of nitrogens with zero attached hydrogens (tertiary/aromatic N) is 8. The van der Waals surface area contributed by atoms with Gasteiger partial charge in [0.15, 0.2) is 23.1 Å². The number of imidazole rings is 3. The summed E-state index contributed by atoms with van der Waals surface area (Å²) < 4.78 is 25.8. The van der Waals surface area contributed by atoms with Crippen LogP contribution in [0.5, 0.6) is 17.4 Å². The minimum absolute atomic E-state index is 0.0178. The summed E-state index contributed by atoms with van der Waals surface area (Å²) in [4.78, 5) is 82.4. The summed E-state index contributed by atoms with van der Waals surface area (Å²) in [6.45, 7) is 2.68. The van der Waals surface area contributed by atoms with E-state index >= 15 is 0 Å². The summed E-state index contributed by atoms with van der Waals surface area (Å²) in [6.07, 6.45) is 8.29. The number of aryl methyl sites for hydroxylation is 3. The van der Waals surface area contributed by atoms with Crippen LogP contribution in [-0.2, 0) is 30.7 Å². The maximum Gasteiger partial charge on any atom is 0.381 e. The fraction of sp³-hybridized carbons (Fsp3) is 0.382. The Morgan fingerprint density at radius 3 is 2.34 bits per heavy atom. The predicted molar refractivity (Wildman–Crippen MR) is 187 cm³/mol. The van der Waals surface area contributed by atoms with Gasteiger partial charge in [-0.1, -0.05) is 0 Å². The molecule has 4 aromatic rings. The zero-order valence-corrected chi connectivity index (χ0v) is 29.7. The number of benzene rings is 1. The van der Waals surface area contributed by atoms with Crippen molar-refractivity contribution in [2.45, 2.75) is 38.6 Å². The monoisotopic (exact) mass is 730 g/mol. The second-order valence-corrected chi connectivity index (χ2v) is 12.2. The van der Waals surface area contributed by atoms with Crippen LogP contribution in [0.15, 0.2) is 35.7 Å². The molecule has 0 saturated carbocycles. The molecule has 3 amide bonds. The molecule has 1 fully saturated rings. The molecule has 5 heterocycles. The molecule has 1 saturated heterocycles. The number of hydrogen-bond acceptors (Lipinski definition) is 13. The first-order valence-electron chi connectivity index (χ1n) is 16.8. The van der Waals surface area contributed by atoms with Gasteiger partial charge in [-0.05, 0) is 32.3 Å². The number of esters is 2. The third-order valence-electron chi connectivity index (χ3n) is 8.42. The lowest BCUT2D eigenvalue weighted by Crippen LogP contribution is -2.35. The molecule has 19 nitrogen and oxygen atoms in total. The van der Waals surface area contributed by atoms with Crippen molar-refractivity contribution >= 4 is 53.2 Å². The van der Waals surface area contributed by atoms with Gasteiger partial charge in [-0.2, -0.15) is 4.98 Å². The first-order chi connectivity index (χ1) is 25.4. The number of anilines is 2. The second kappa shape index (κ2) is 15.4. The van der Waals surface area contributed by atoms with E-state index in [1.807, 2.05) is 4.90 Å². The molecule has 0 unspecified atom stereocenters. The van der Waals surface area contributed by atoms with Gasteiger partial charge >= 0.3 is 11.9 Å². The van der Waals surface area contributed by atoms with Crippen LogP contribution in [0.3, 0.4) is 0 Å². The Morgan fingerprint density at radius 2 is 1.58 bits per heavy atom. The summed E-state index contributed by atoms with van der Waals surface area (Å²) >= 11 is 0. The molecule has 0 bridgehead atoms. The Kier molecular flexibility index (Phi) is 10.5. The summed E-state index contributed by atoms with van der Waals surface area (Å²) in [5.41, 5.74) is 0.961. The third kappa shape index (κ3) is 7.87. The molecular formula is C34H38N10O9. The van der Waals surface area contributed by atoms with Crippen molar-refractivity contribution in [1.82, 2.24) is 33.6 Å². The van der Waals surface area contributed by atoms with Crippen molar-refractivity contribution in [1.29, 1.82) is 0 Å². The number of carbonyl (C=O) groups is 5. The molecule has 0 radical (unpaired) electrons. The molecule has 53 heavy (non-hydrogen) atoms. The number of rotatable bonds is 13. The maximum absolute atomic E-state index is 13.1. The zero-order valence-electron chi connectivity index (χ0n) is 29.7. The molecule has 1 aromatic carbocycles. The first kappa shape index (κ1) is 36.3. The standard InChI is InChI=1S/C34H38N10O9/c1-6-51-33(48)29-40-27(18-43(29)4)53-34(49)30-38-25(17-42(30)3)39-31(46)28-37-24(16-41(28)2)36-26(45)10-8-12-52-23-14-21-20(13-22(23)50-5)32(47)44-11-7-9-19(44)15-35-21/h13-19H,6-12H2,1-5H3,(H,36,45)(H,39,46)/t19-/m0/s1. The fourth-order valence-electron chi connectivity index (χ4n) is 5.88. The number of aliphatic imine (C=N–C) groups is 1. The summed E-state index contributed by atoms with van der Waals surface area (Å²) in [6, 6.07) is 3.30. The maximum atomic E-state index is 13.1. The van der Waals surface area contributed by atoms with Gasteiger partial charge < -0.3 is 48.2 Å². The predicted octanol–water partition coefficient (Wildman–Crippen LogP) is 2.66. The van der Waals surface area contributed by atoms with Crippen LogP contribution in [0, 0.1) is 0 Å². The smallest absolute Gasteiger partial charge is 0.381 e. The quantitative estimate of drug-likeness (QED) is 0.150.